The molecule has 9 heterocycles. The number of H-pyrrole nitrogens is 2. The molecule has 0 radical (unpaired) electrons. The van der Waals surface area contributed by atoms with E-state index in [1.54, 1.807) is 0 Å². The summed E-state index contributed by atoms with van der Waals surface area (Å²) in [7, 11) is 0. The van der Waals surface area contributed by atoms with Gasteiger partial charge in [0.2, 0.25) is 22.8 Å². The number of aryl methyl sites for hydroxylation is 2. The number of nitrogens with one attached hydrogen (secondary N) is 2. The third kappa shape index (κ3) is 9.29. The van der Waals surface area contributed by atoms with Crippen LogP contribution in [0.25, 0.3) is 91.4 Å². The molecule has 0 aliphatic carbocycles. The molecule has 2 aliphatic heterocycles. The first-order valence-corrected chi connectivity index (χ1v) is 23.9. The van der Waals surface area contributed by atoms with E-state index in [1.807, 2.05) is 12.3 Å². The van der Waals surface area contributed by atoms with Gasteiger partial charge in [-0.2, -0.15) is 18.3 Å². The summed E-state index contributed by atoms with van der Waals surface area (Å²) >= 11 is 0. The van der Waals surface area contributed by atoms with Gasteiger partial charge in [0.1, 0.15) is 26.3 Å². The number of aromatic nitrogens is 8. The van der Waals surface area contributed by atoms with E-state index in [0.29, 0.717) is 19.7 Å². The predicted molar refractivity (Wildman–Crippen MR) is 264 cm³/mol. The van der Waals surface area contributed by atoms with E-state index in [1.165, 1.54) is 0 Å². The van der Waals surface area contributed by atoms with Crippen LogP contribution in [-0.2, 0) is 30.9 Å². The van der Waals surface area contributed by atoms with Crippen LogP contribution >= 0.6 is 0 Å². The van der Waals surface area contributed by atoms with E-state index in [4.69, 9.17) is 14.7 Å². The van der Waals surface area contributed by atoms with Gasteiger partial charge in [0.05, 0.1) is 67.1 Å². The van der Waals surface area contributed by atoms with E-state index in [2.05, 4.69) is 183 Å². The summed E-state index contributed by atoms with van der Waals surface area (Å²) in [4.78, 5) is 19.1. The molecule has 3 N–H and O–H groups in total. The maximum Gasteiger partial charge on any atom is 0.216 e. The third-order valence-corrected chi connectivity index (χ3v) is 12.5. The molecule has 66 heavy (non-hydrogen) atoms. The normalized spacial score (nSPS) is 12.1. The van der Waals surface area contributed by atoms with Crippen LogP contribution in [0, 0.1) is 0 Å². The first-order valence-electron chi connectivity index (χ1n) is 23.9. The van der Waals surface area contributed by atoms with Crippen molar-refractivity contribution in [2.45, 2.75) is 85.5 Å². The zero-order chi connectivity index (χ0) is 45.2. The number of rotatable bonds is 18. The quantitative estimate of drug-likeness (QED) is 0.0590. The fraction of sp³-hybridized carbons (Fsp3) is 0.286. The van der Waals surface area contributed by atoms with Gasteiger partial charge in [-0.25, -0.2) is 9.97 Å². The van der Waals surface area contributed by atoms with Crippen LogP contribution in [0.4, 0.5) is 0 Å². The topological polar surface area (TPSA) is 102 Å². The Morgan fingerprint density at radius 1 is 0.424 bits per heavy atom. The number of hydrogen-bond donors (Lipinski definition) is 3. The number of aromatic amines is 2. The zero-order valence-corrected chi connectivity index (χ0v) is 38.6. The minimum Gasteiger partial charge on any atom is -0.390 e. The lowest BCUT2D eigenvalue weighted by Gasteiger charge is -2.08. The maximum atomic E-state index is 10.3. The average molecular weight is 879 g/mol. The number of hydrogen-bond acceptors (Lipinski definition) is 4. The van der Waals surface area contributed by atoms with Crippen molar-refractivity contribution in [1.82, 2.24) is 19.9 Å². The molecule has 2 aliphatic rings. The van der Waals surface area contributed by atoms with Crippen molar-refractivity contribution in [3.8, 4) is 45.0 Å². The summed E-state index contributed by atoms with van der Waals surface area (Å²) in [5, 5.41) is 10.3. The summed E-state index contributed by atoms with van der Waals surface area (Å²) in [6.07, 6.45) is 23.6. The lowest BCUT2D eigenvalue weighted by Crippen LogP contribution is -2.38. The zero-order valence-electron chi connectivity index (χ0n) is 38.6. The fourth-order valence-electron chi connectivity index (χ4n) is 9.15. The van der Waals surface area contributed by atoms with E-state index >= 15 is 0 Å². The van der Waals surface area contributed by atoms with E-state index in [9.17, 15) is 5.11 Å². The lowest BCUT2D eigenvalue weighted by molar-refractivity contribution is -0.687. The minimum absolute atomic E-state index is 0.00313. The Morgan fingerprint density at radius 2 is 0.773 bits per heavy atom. The summed E-state index contributed by atoms with van der Waals surface area (Å²) in [5.74, 6) is 0. The minimum atomic E-state index is 0.00313. The van der Waals surface area contributed by atoms with Gasteiger partial charge < -0.3 is 19.8 Å². The monoisotopic (exact) mass is 878 g/mol. The number of aliphatic hydroxyl groups excluding tert-OH is 1. The van der Waals surface area contributed by atoms with Crippen LogP contribution in [0.15, 0.2) is 122 Å². The largest absolute Gasteiger partial charge is 0.390 e. The van der Waals surface area contributed by atoms with Crippen LogP contribution < -0.4 is 18.3 Å². The molecule has 0 atom stereocenters. The first kappa shape index (κ1) is 44.3. The predicted octanol–water partition coefficient (Wildman–Crippen LogP) is 9.88. The smallest absolute Gasteiger partial charge is 0.216 e. The van der Waals surface area contributed by atoms with Crippen LogP contribution in [0.1, 0.15) is 82.1 Å². The van der Waals surface area contributed by atoms with Crippen LogP contribution in [0.3, 0.4) is 0 Å². The Balaban J connectivity index is 1.43. The second-order valence-corrected chi connectivity index (χ2v) is 17.0. The van der Waals surface area contributed by atoms with E-state index in [0.717, 1.165) is 148 Å². The van der Waals surface area contributed by atoms with Gasteiger partial charge in [0.25, 0.3) is 0 Å². The van der Waals surface area contributed by atoms with Gasteiger partial charge >= 0.3 is 0 Å². The molecule has 0 spiro atoms. The Bertz CT molecular complexity index is 3070. The molecule has 7 aromatic heterocycles. The van der Waals surface area contributed by atoms with Crippen molar-refractivity contribution in [3.63, 3.8) is 0 Å². The Kier molecular flexibility index (Phi) is 14.1. The molecule has 7 aromatic rings. The number of unbranched alkanes of at least 4 members (excludes halogenated alkanes) is 3. The SMILES string of the molecule is CCCCOCC[n+]1ccccc1-c1c2nc(c(-c3cccc[n+]3CCO)c3ccc([nH]3)c(-c3cccc[n+]3CCCC)c3nc(c(-c4cccc[n+]4CCCC)c4ccc1[nH]4)C=C3)C=C2. The molecule has 10 heteroatoms. The van der Waals surface area contributed by atoms with E-state index in [-0.39, 0.29) is 6.61 Å². The third-order valence-electron chi connectivity index (χ3n) is 12.5. The number of nitrogens with zero attached hydrogens (tertiary/aromatic N) is 6. The number of aliphatic hydroxyl groups is 1. The van der Waals surface area contributed by atoms with Crippen molar-refractivity contribution in [2.24, 2.45) is 0 Å². The highest BCUT2D eigenvalue weighted by Crippen LogP contribution is 2.36. The molecule has 0 saturated heterocycles. The van der Waals surface area contributed by atoms with Crippen molar-refractivity contribution in [2.75, 3.05) is 19.8 Å². The molecule has 10 nitrogen and oxygen atoms in total. The number of fused-ring (bicyclic) bond motifs is 8. The summed E-state index contributed by atoms with van der Waals surface area (Å²) in [5.41, 5.74) is 15.3. The highest BCUT2D eigenvalue weighted by Gasteiger charge is 2.27. The van der Waals surface area contributed by atoms with Gasteiger partial charge in [-0.1, -0.05) is 40.0 Å². The van der Waals surface area contributed by atoms with Crippen molar-refractivity contribution >= 4 is 46.4 Å². The Morgan fingerprint density at radius 3 is 1.12 bits per heavy atom. The lowest BCUT2D eigenvalue weighted by atomic mass is 10.1. The molecule has 0 amide bonds. The van der Waals surface area contributed by atoms with E-state index < -0.39 is 0 Å². The molecule has 0 saturated carbocycles. The van der Waals surface area contributed by atoms with Gasteiger partial charge in [0.15, 0.2) is 37.9 Å². The standard InChI is InChI=1S/C56H61N8O2/c1-4-7-30-61-32-14-10-18-49(61)53-41-22-23-42(57-41)54(50-19-11-15-33-62(50)31-8-5-2)44-25-28-47(59-44)56(52-21-13-17-35-64(52)37-40-66-39-9-6-3)48-29-27-46(60-48)55(45-26-24-43(53)58-45)51-20-12-16-34-63(51)36-38-65/h10-29,32-35,65H,4-9,30-31,36-40H2,1-3H3,(H,57,58,59,60)/q+3/p+1. The molecule has 0 aromatic carbocycles. The van der Waals surface area contributed by atoms with Gasteiger partial charge in [-0.05, 0) is 79.3 Å². The molecule has 0 fully saturated rings. The van der Waals surface area contributed by atoms with Gasteiger partial charge in [-0.3, -0.25) is 0 Å². The first-order chi connectivity index (χ1) is 32.6. The van der Waals surface area contributed by atoms with Gasteiger partial charge in [0, 0.05) is 68.0 Å². The second kappa shape index (κ2) is 21.0. The summed E-state index contributed by atoms with van der Waals surface area (Å²) < 4.78 is 15.2. The molecule has 9 rings (SSSR count). The van der Waals surface area contributed by atoms with Crippen molar-refractivity contribution in [1.29, 1.82) is 0 Å². The number of ether oxygens (including phenoxy) is 1. The second-order valence-electron chi connectivity index (χ2n) is 17.0. The van der Waals surface area contributed by atoms with Crippen molar-refractivity contribution < 1.29 is 28.1 Å². The molecule has 0 unspecified atom stereocenters. The van der Waals surface area contributed by atoms with Crippen LogP contribution in [0.5, 0.6) is 0 Å². The van der Waals surface area contributed by atoms with Gasteiger partial charge in [-0.15, -0.1) is 0 Å². The highest BCUT2D eigenvalue weighted by atomic mass is 16.5. The van der Waals surface area contributed by atoms with Crippen LogP contribution in [-0.4, -0.2) is 44.9 Å². The molecular formula is C56H62N8O2+4. The molecule has 334 valence electrons. The average Bonchev–Trinajstić information content (AvgIpc) is 4.20. The summed E-state index contributed by atoms with van der Waals surface area (Å²) in [6.45, 7) is 10.9. The Hall–Kier alpha value is -6.88. The van der Waals surface area contributed by atoms with Crippen molar-refractivity contribution in [3.05, 3.63) is 145 Å². The highest BCUT2D eigenvalue weighted by molar-refractivity contribution is 5.97. The summed E-state index contributed by atoms with van der Waals surface area (Å²) in [6, 6.07) is 34.2. The fourth-order valence-corrected chi connectivity index (χ4v) is 9.15. The maximum absolute atomic E-state index is 10.3. The molecule has 8 bridgehead atoms. The molecular weight excluding hydrogens is 817 g/mol. The number of pyridine rings is 4. The Labute approximate surface area is 387 Å². The van der Waals surface area contributed by atoms with Crippen LogP contribution in [0.2, 0.25) is 0 Å².